The number of phenolic OH excluding ortho intramolecular Hbond substituents is 1. The van der Waals surface area contributed by atoms with Gasteiger partial charge < -0.3 is 5.11 Å². The smallest absolute Gasteiger partial charge is 0.134 e. The summed E-state index contributed by atoms with van der Waals surface area (Å²) in [6.45, 7) is 1.76. The summed E-state index contributed by atoms with van der Waals surface area (Å²) < 4.78 is 27.1. The van der Waals surface area contributed by atoms with Gasteiger partial charge in [0, 0.05) is 17.2 Å². The molecule has 0 heterocycles. The van der Waals surface area contributed by atoms with Crippen LogP contribution >= 0.6 is 0 Å². The van der Waals surface area contributed by atoms with Gasteiger partial charge in [0.1, 0.15) is 17.4 Å². The highest BCUT2D eigenvalue weighted by Gasteiger charge is 2.10. The van der Waals surface area contributed by atoms with Crippen molar-refractivity contribution in [2.45, 2.75) is 6.92 Å². The van der Waals surface area contributed by atoms with Gasteiger partial charge in [0.15, 0.2) is 0 Å². The molecule has 16 heavy (non-hydrogen) atoms. The first-order valence-corrected chi connectivity index (χ1v) is 4.83. The highest BCUT2D eigenvalue weighted by atomic mass is 19.1. The number of aryl methyl sites for hydroxylation is 1. The SMILES string of the molecule is Cc1ccc(-c2ccc(O)cc2F)c(F)c1. The number of rotatable bonds is 1. The highest BCUT2D eigenvalue weighted by Crippen LogP contribution is 2.28. The van der Waals surface area contributed by atoms with Gasteiger partial charge >= 0.3 is 0 Å². The maximum absolute atomic E-state index is 13.6. The molecule has 1 N–H and O–H groups in total. The Morgan fingerprint density at radius 1 is 0.875 bits per heavy atom. The van der Waals surface area contributed by atoms with E-state index in [-0.39, 0.29) is 16.9 Å². The fourth-order valence-corrected chi connectivity index (χ4v) is 1.56. The Morgan fingerprint density at radius 3 is 2.00 bits per heavy atom. The minimum atomic E-state index is -0.636. The molecule has 1 nitrogen and oxygen atoms in total. The summed E-state index contributed by atoms with van der Waals surface area (Å²) in [5.74, 6) is -1.28. The van der Waals surface area contributed by atoms with Gasteiger partial charge in [0.25, 0.3) is 0 Å². The normalized spacial score (nSPS) is 10.4. The molecular weight excluding hydrogens is 210 g/mol. The van der Waals surface area contributed by atoms with E-state index < -0.39 is 11.6 Å². The van der Waals surface area contributed by atoms with E-state index in [1.807, 2.05) is 0 Å². The summed E-state index contributed by atoms with van der Waals surface area (Å²) in [5.41, 5.74) is 1.12. The molecule has 0 unspecified atom stereocenters. The Hall–Kier alpha value is -1.90. The second-order valence-electron chi connectivity index (χ2n) is 3.65. The predicted octanol–water partition coefficient (Wildman–Crippen LogP) is 3.65. The van der Waals surface area contributed by atoms with Crippen molar-refractivity contribution in [3.63, 3.8) is 0 Å². The van der Waals surface area contributed by atoms with E-state index in [2.05, 4.69) is 0 Å². The zero-order valence-corrected chi connectivity index (χ0v) is 8.67. The molecule has 0 spiro atoms. The lowest BCUT2D eigenvalue weighted by molar-refractivity contribution is 0.469. The van der Waals surface area contributed by atoms with Gasteiger partial charge in [-0.05, 0) is 30.7 Å². The molecule has 2 aromatic carbocycles. The van der Waals surface area contributed by atoms with E-state index >= 15 is 0 Å². The summed E-state index contributed by atoms with van der Waals surface area (Å²) in [5, 5.41) is 9.06. The summed E-state index contributed by atoms with van der Waals surface area (Å²) in [6, 6.07) is 8.25. The van der Waals surface area contributed by atoms with Crippen LogP contribution in [-0.2, 0) is 0 Å². The van der Waals surface area contributed by atoms with Gasteiger partial charge in [0.05, 0.1) is 0 Å². The lowest BCUT2D eigenvalue weighted by atomic mass is 10.0. The molecule has 3 heteroatoms. The number of hydrogen-bond acceptors (Lipinski definition) is 1. The summed E-state index contributed by atoms with van der Waals surface area (Å²) in [4.78, 5) is 0. The van der Waals surface area contributed by atoms with E-state index in [0.29, 0.717) is 0 Å². The molecule has 2 rings (SSSR count). The number of phenols is 1. The zero-order chi connectivity index (χ0) is 11.7. The highest BCUT2D eigenvalue weighted by molar-refractivity contribution is 5.65. The average Bonchev–Trinajstić information content (AvgIpc) is 2.19. The molecule has 0 atom stereocenters. The lowest BCUT2D eigenvalue weighted by Gasteiger charge is -2.06. The van der Waals surface area contributed by atoms with Gasteiger partial charge in [-0.15, -0.1) is 0 Å². The molecule has 2 aromatic rings. The third-order valence-electron chi connectivity index (χ3n) is 2.37. The summed E-state index contributed by atoms with van der Waals surface area (Å²) >= 11 is 0. The van der Waals surface area contributed by atoms with E-state index in [0.717, 1.165) is 11.6 Å². The molecular formula is C13H10F2O. The largest absolute Gasteiger partial charge is 0.508 e. The van der Waals surface area contributed by atoms with Crippen molar-refractivity contribution >= 4 is 0 Å². The molecule has 0 aromatic heterocycles. The number of aromatic hydroxyl groups is 1. The monoisotopic (exact) mass is 220 g/mol. The van der Waals surface area contributed by atoms with Crippen LogP contribution in [0.4, 0.5) is 8.78 Å². The second-order valence-corrected chi connectivity index (χ2v) is 3.65. The molecule has 0 saturated heterocycles. The Morgan fingerprint density at radius 2 is 1.44 bits per heavy atom. The van der Waals surface area contributed by atoms with Crippen molar-refractivity contribution in [2.24, 2.45) is 0 Å². The molecule has 82 valence electrons. The van der Waals surface area contributed by atoms with Crippen molar-refractivity contribution in [3.05, 3.63) is 53.6 Å². The maximum Gasteiger partial charge on any atom is 0.134 e. The molecule has 0 saturated carbocycles. The third kappa shape index (κ3) is 1.89. The van der Waals surface area contributed by atoms with Gasteiger partial charge in [-0.25, -0.2) is 8.78 Å². The van der Waals surface area contributed by atoms with Crippen LogP contribution in [0, 0.1) is 18.6 Å². The van der Waals surface area contributed by atoms with Gasteiger partial charge in [-0.1, -0.05) is 12.1 Å². The van der Waals surface area contributed by atoms with Crippen LogP contribution in [0.15, 0.2) is 36.4 Å². The predicted molar refractivity (Wildman–Crippen MR) is 58.2 cm³/mol. The molecule has 0 aliphatic carbocycles. The van der Waals surface area contributed by atoms with Crippen LogP contribution in [0.25, 0.3) is 11.1 Å². The number of halogens is 2. The van der Waals surface area contributed by atoms with Crippen LogP contribution in [0.5, 0.6) is 5.75 Å². The zero-order valence-electron chi connectivity index (χ0n) is 8.67. The first kappa shape index (κ1) is 10.6. The second kappa shape index (κ2) is 3.93. The van der Waals surface area contributed by atoms with E-state index in [4.69, 9.17) is 5.11 Å². The van der Waals surface area contributed by atoms with Crippen LogP contribution in [0.1, 0.15) is 5.56 Å². The van der Waals surface area contributed by atoms with Gasteiger partial charge in [-0.3, -0.25) is 0 Å². The Bertz CT molecular complexity index is 486. The van der Waals surface area contributed by atoms with E-state index in [1.54, 1.807) is 13.0 Å². The van der Waals surface area contributed by atoms with E-state index in [9.17, 15) is 8.78 Å². The topological polar surface area (TPSA) is 20.2 Å². The molecule has 0 fully saturated rings. The molecule has 0 bridgehead atoms. The van der Waals surface area contributed by atoms with Crippen molar-refractivity contribution in [3.8, 4) is 16.9 Å². The van der Waals surface area contributed by atoms with E-state index in [1.165, 1.54) is 24.3 Å². The summed E-state index contributed by atoms with van der Waals surface area (Å²) in [7, 11) is 0. The first-order valence-electron chi connectivity index (χ1n) is 4.83. The van der Waals surface area contributed by atoms with Crippen LogP contribution < -0.4 is 0 Å². The van der Waals surface area contributed by atoms with Crippen LogP contribution in [0.3, 0.4) is 0 Å². The van der Waals surface area contributed by atoms with Crippen molar-refractivity contribution in [1.82, 2.24) is 0 Å². The van der Waals surface area contributed by atoms with Crippen molar-refractivity contribution in [2.75, 3.05) is 0 Å². The minimum absolute atomic E-state index is 0.148. The molecule has 0 radical (unpaired) electrons. The number of hydrogen-bond donors (Lipinski definition) is 1. The molecule has 0 aliphatic rings. The van der Waals surface area contributed by atoms with Gasteiger partial charge in [0.2, 0.25) is 0 Å². The standard InChI is InChI=1S/C13H10F2O/c1-8-2-4-10(12(14)6-8)11-5-3-9(16)7-13(11)15/h2-7,16H,1H3. The Kier molecular flexibility index (Phi) is 2.60. The van der Waals surface area contributed by atoms with Crippen molar-refractivity contribution < 1.29 is 13.9 Å². The third-order valence-corrected chi connectivity index (χ3v) is 2.37. The average molecular weight is 220 g/mol. The van der Waals surface area contributed by atoms with Crippen LogP contribution in [-0.4, -0.2) is 5.11 Å². The fraction of sp³-hybridized carbons (Fsp3) is 0.0769. The maximum atomic E-state index is 13.6. The Balaban J connectivity index is 2.59. The van der Waals surface area contributed by atoms with Crippen LogP contribution in [0.2, 0.25) is 0 Å². The summed E-state index contributed by atoms with van der Waals surface area (Å²) in [6.07, 6.45) is 0. The van der Waals surface area contributed by atoms with Crippen molar-refractivity contribution in [1.29, 1.82) is 0 Å². The first-order chi connectivity index (χ1) is 7.58. The van der Waals surface area contributed by atoms with Gasteiger partial charge in [-0.2, -0.15) is 0 Å². The fourth-order valence-electron chi connectivity index (χ4n) is 1.56. The molecule has 0 amide bonds. The molecule has 0 aliphatic heterocycles. The quantitative estimate of drug-likeness (QED) is 0.777. The Labute approximate surface area is 92.0 Å². The number of benzene rings is 2. The lowest BCUT2D eigenvalue weighted by Crippen LogP contribution is -1.89. The minimum Gasteiger partial charge on any atom is -0.508 e.